The zero-order valence-electron chi connectivity index (χ0n) is 10.2. The second kappa shape index (κ2) is 6.32. The molecule has 0 aliphatic carbocycles. The summed E-state index contributed by atoms with van der Waals surface area (Å²) >= 11 is 6.04. The topological polar surface area (TPSA) is 102 Å². The van der Waals surface area contributed by atoms with Gasteiger partial charge in [-0.15, -0.1) is 0 Å². The standard InChI is InChI=1S/C11H17ClN4O2/c1-6(2)18-9-4-3-7(5-8(9)12)15-10(13)16-11(14)17/h3-6,10,15H,13H2,1-2H3,(H3,14,16,17). The summed E-state index contributed by atoms with van der Waals surface area (Å²) in [5.74, 6) is 0.591. The van der Waals surface area contributed by atoms with Crippen LogP contribution in [0.3, 0.4) is 0 Å². The summed E-state index contributed by atoms with van der Waals surface area (Å²) < 4.78 is 5.49. The van der Waals surface area contributed by atoms with E-state index in [2.05, 4.69) is 10.6 Å². The van der Waals surface area contributed by atoms with Gasteiger partial charge in [-0.25, -0.2) is 4.79 Å². The molecule has 0 aromatic heterocycles. The van der Waals surface area contributed by atoms with Crippen LogP contribution in [0, 0.1) is 0 Å². The summed E-state index contributed by atoms with van der Waals surface area (Å²) in [6, 6.07) is 4.41. The first kappa shape index (κ1) is 14.4. The monoisotopic (exact) mass is 272 g/mol. The highest BCUT2D eigenvalue weighted by Crippen LogP contribution is 2.28. The maximum atomic E-state index is 10.6. The number of hydrogen-bond acceptors (Lipinski definition) is 4. The maximum absolute atomic E-state index is 10.6. The van der Waals surface area contributed by atoms with Crippen molar-refractivity contribution in [1.82, 2.24) is 5.32 Å². The Hall–Kier alpha value is -1.66. The Bertz CT molecular complexity index is 426. The molecule has 1 aromatic rings. The smallest absolute Gasteiger partial charge is 0.314 e. The van der Waals surface area contributed by atoms with E-state index in [1.54, 1.807) is 18.2 Å². The molecule has 1 unspecified atom stereocenters. The molecular weight excluding hydrogens is 256 g/mol. The number of nitrogens with two attached hydrogens (primary N) is 2. The number of urea groups is 1. The molecule has 100 valence electrons. The third-order valence-electron chi connectivity index (χ3n) is 1.91. The van der Waals surface area contributed by atoms with Crippen LogP contribution in [0.2, 0.25) is 5.02 Å². The van der Waals surface area contributed by atoms with Gasteiger partial charge in [-0.2, -0.15) is 0 Å². The van der Waals surface area contributed by atoms with Gasteiger partial charge >= 0.3 is 6.03 Å². The van der Waals surface area contributed by atoms with Crippen LogP contribution in [0.4, 0.5) is 10.5 Å². The van der Waals surface area contributed by atoms with E-state index in [1.807, 2.05) is 13.8 Å². The van der Waals surface area contributed by atoms with Crippen LogP contribution in [0.15, 0.2) is 18.2 Å². The quantitative estimate of drug-likeness (QED) is 0.609. The SMILES string of the molecule is CC(C)Oc1ccc(NC(N)NC(N)=O)cc1Cl. The Labute approximate surface area is 111 Å². The first-order valence-electron chi connectivity index (χ1n) is 5.43. The van der Waals surface area contributed by atoms with E-state index in [4.69, 9.17) is 27.8 Å². The van der Waals surface area contributed by atoms with Crippen LogP contribution >= 0.6 is 11.6 Å². The number of carbonyl (C=O) groups excluding carboxylic acids is 1. The van der Waals surface area contributed by atoms with E-state index in [-0.39, 0.29) is 6.10 Å². The minimum Gasteiger partial charge on any atom is -0.489 e. The lowest BCUT2D eigenvalue weighted by Gasteiger charge is -2.17. The van der Waals surface area contributed by atoms with Crippen LogP contribution in [0.25, 0.3) is 0 Å². The van der Waals surface area contributed by atoms with Crippen molar-refractivity contribution in [3.8, 4) is 5.75 Å². The van der Waals surface area contributed by atoms with Crippen molar-refractivity contribution in [3.63, 3.8) is 0 Å². The van der Waals surface area contributed by atoms with Gasteiger partial charge in [0, 0.05) is 5.69 Å². The normalized spacial score (nSPS) is 12.1. The molecule has 0 heterocycles. The van der Waals surface area contributed by atoms with E-state index < -0.39 is 12.3 Å². The van der Waals surface area contributed by atoms with Gasteiger partial charge in [0.2, 0.25) is 0 Å². The molecule has 18 heavy (non-hydrogen) atoms. The summed E-state index contributed by atoms with van der Waals surface area (Å²) in [6.07, 6.45) is -0.740. The molecule has 2 amide bonds. The number of amides is 2. The van der Waals surface area contributed by atoms with Gasteiger partial charge in [0.15, 0.2) is 6.29 Å². The Morgan fingerprint density at radius 3 is 2.61 bits per heavy atom. The van der Waals surface area contributed by atoms with Crippen LogP contribution in [-0.2, 0) is 0 Å². The zero-order valence-corrected chi connectivity index (χ0v) is 11.0. The predicted molar refractivity (Wildman–Crippen MR) is 71.5 cm³/mol. The van der Waals surface area contributed by atoms with Crippen molar-refractivity contribution < 1.29 is 9.53 Å². The summed E-state index contributed by atoms with van der Waals surface area (Å²) in [6.45, 7) is 3.82. The van der Waals surface area contributed by atoms with Crippen molar-refractivity contribution in [2.24, 2.45) is 11.5 Å². The van der Waals surface area contributed by atoms with E-state index in [0.29, 0.717) is 16.5 Å². The fourth-order valence-corrected chi connectivity index (χ4v) is 1.53. The third kappa shape index (κ3) is 4.68. The van der Waals surface area contributed by atoms with E-state index in [9.17, 15) is 4.79 Å². The Morgan fingerprint density at radius 1 is 1.44 bits per heavy atom. The zero-order chi connectivity index (χ0) is 13.7. The van der Waals surface area contributed by atoms with Gasteiger partial charge in [-0.1, -0.05) is 11.6 Å². The molecule has 0 bridgehead atoms. The number of primary amides is 1. The van der Waals surface area contributed by atoms with E-state index in [1.165, 1.54) is 0 Å². The van der Waals surface area contributed by atoms with Gasteiger partial charge in [-0.3, -0.25) is 5.73 Å². The molecule has 6 N–H and O–H groups in total. The summed E-state index contributed by atoms with van der Waals surface area (Å²) in [4.78, 5) is 10.6. The molecule has 1 rings (SSSR count). The summed E-state index contributed by atoms with van der Waals surface area (Å²) in [5, 5.41) is 5.57. The highest BCUT2D eigenvalue weighted by Gasteiger charge is 2.07. The van der Waals surface area contributed by atoms with Crippen LogP contribution in [0.1, 0.15) is 13.8 Å². The van der Waals surface area contributed by atoms with Gasteiger partial charge < -0.3 is 21.1 Å². The lowest BCUT2D eigenvalue weighted by Crippen LogP contribution is -2.49. The first-order chi connectivity index (χ1) is 8.38. The Balaban J connectivity index is 2.69. The van der Waals surface area contributed by atoms with E-state index >= 15 is 0 Å². The lowest BCUT2D eigenvalue weighted by atomic mass is 10.3. The molecular formula is C11H17ClN4O2. The van der Waals surface area contributed by atoms with Gasteiger partial charge in [0.05, 0.1) is 11.1 Å². The van der Waals surface area contributed by atoms with Crippen molar-refractivity contribution in [1.29, 1.82) is 0 Å². The number of nitrogens with one attached hydrogen (secondary N) is 2. The van der Waals surface area contributed by atoms with Crippen LogP contribution < -0.4 is 26.8 Å². The molecule has 0 saturated heterocycles. The maximum Gasteiger partial charge on any atom is 0.314 e. The molecule has 0 fully saturated rings. The highest BCUT2D eigenvalue weighted by atomic mass is 35.5. The van der Waals surface area contributed by atoms with Gasteiger partial charge in [-0.05, 0) is 32.0 Å². The fourth-order valence-electron chi connectivity index (χ4n) is 1.31. The number of ether oxygens (including phenoxy) is 1. The third-order valence-corrected chi connectivity index (χ3v) is 2.21. The number of carbonyl (C=O) groups is 1. The molecule has 7 heteroatoms. The molecule has 0 aliphatic heterocycles. The number of hydrogen-bond donors (Lipinski definition) is 4. The molecule has 1 atom stereocenters. The largest absolute Gasteiger partial charge is 0.489 e. The number of halogens is 1. The molecule has 0 saturated carbocycles. The molecule has 0 aliphatic rings. The van der Waals surface area contributed by atoms with Gasteiger partial charge in [0.1, 0.15) is 5.75 Å². The van der Waals surface area contributed by atoms with Crippen LogP contribution in [-0.4, -0.2) is 18.4 Å². The molecule has 0 spiro atoms. The second-order valence-electron chi connectivity index (χ2n) is 3.94. The second-order valence-corrected chi connectivity index (χ2v) is 4.35. The van der Waals surface area contributed by atoms with Crippen molar-refractivity contribution in [2.75, 3.05) is 5.32 Å². The number of rotatable bonds is 5. The average Bonchev–Trinajstić information content (AvgIpc) is 2.20. The van der Waals surface area contributed by atoms with E-state index in [0.717, 1.165) is 0 Å². The highest BCUT2D eigenvalue weighted by molar-refractivity contribution is 6.32. The van der Waals surface area contributed by atoms with Crippen molar-refractivity contribution in [3.05, 3.63) is 23.2 Å². The Kier molecular flexibility index (Phi) is 5.06. The summed E-state index contributed by atoms with van der Waals surface area (Å²) in [5.41, 5.74) is 11.2. The van der Waals surface area contributed by atoms with Gasteiger partial charge in [0.25, 0.3) is 0 Å². The number of anilines is 1. The van der Waals surface area contributed by atoms with Crippen molar-refractivity contribution >= 4 is 23.3 Å². The first-order valence-corrected chi connectivity index (χ1v) is 5.80. The minimum atomic E-state index is -0.782. The predicted octanol–water partition coefficient (Wildman–Crippen LogP) is 1.45. The summed E-state index contributed by atoms with van der Waals surface area (Å²) in [7, 11) is 0. The molecule has 6 nitrogen and oxygen atoms in total. The Morgan fingerprint density at radius 2 is 2.11 bits per heavy atom. The number of benzene rings is 1. The molecule has 0 radical (unpaired) electrons. The van der Waals surface area contributed by atoms with Crippen molar-refractivity contribution in [2.45, 2.75) is 26.2 Å². The van der Waals surface area contributed by atoms with Crippen LogP contribution in [0.5, 0.6) is 5.75 Å². The lowest BCUT2D eigenvalue weighted by molar-refractivity contribution is 0.242. The average molecular weight is 273 g/mol. The minimum absolute atomic E-state index is 0.0418. The fraction of sp³-hybridized carbons (Fsp3) is 0.364. The molecule has 1 aromatic carbocycles.